The van der Waals surface area contributed by atoms with Gasteiger partial charge in [0.05, 0.1) is 24.5 Å². The minimum atomic E-state index is -4.33. The molecular formula is C21H17F3N2O. The number of H-pyrrole nitrogens is 1. The molecule has 3 aromatic rings. The van der Waals surface area contributed by atoms with Crippen LogP contribution in [0.2, 0.25) is 0 Å². The average Bonchev–Trinajstić information content (AvgIpc) is 3.09. The summed E-state index contributed by atoms with van der Waals surface area (Å²) in [4.78, 5) is 5.54. The Morgan fingerprint density at radius 3 is 2.37 bits per heavy atom. The van der Waals surface area contributed by atoms with Crippen LogP contribution in [0, 0.1) is 11.8 Å². The molecule has 0 atom stereocenters. The number of morpholine rings is 1. The zero-order chi connectivity index (χ0) is 18.9. The van der Waals surface area contributed by atoms with Gasteiger partial charge in [0.25, 0.3) is 0 Å². The van der Waals surface area contributed by atoms with Crippen LogP contribution in [-0.2, 0) is 10.9 Å². The highest BCUT2D eigenvalue weighted by molar-refractivity contribution is 5.85. The maximum atomic E-state index is 12.6. The van der Waals surface area contributed by atoms with Crippen molar-refractivity contribution in [3.8, 4) is 11.8 Å². The van der Waals surface area contributed by atoms with Crippen LogP contribution in [0.5, 0.6) is 0 Å². The van der Waals surface area contributed by atoms with Crippen LogP contribution in [0.15, 0.2) is 48.5 Å². The summed E-state index contributed by atoms with van der Waals surface area (Å²) < 4.78 is 43.2. The Hall–Kier alpha value is -2.91. The number of hydrogen-bond acceptors (Lipinski definition) is 2. The Labute approximate surface area is 154 Å². The Morgan fingerprint density at radius 1 is 0.926 bits per heavy atom. The molecule has 1 aromatic heterocycles. The summed E-state index contributed by atoms with van der Waals surface area (Å²) in [5.74, 6) is 5.89. The Bertz CT molecular complexity index is 1000. The SMILES string of the molecule is FC(F)(F)c1ccc(C#Cc2cc3ccc(N4CCOCC4)cc3[nH]2)cc1. The van der Waals surface area contributed by atoms with E-state index in [-0.39, 0.29) is 0 Å². The van der Waals surface area contributed by atoms with Crippen molar-refractivity contribution in [1.29, 1.82) is 0 Å². The van der Waals surface area contributed by atoms with Crippen LogP contribution >= 0.6 is 0 Å². The van der Waals surface area contributed by atoms with Gasteiger partial charge in [-0.1, -0.05) is 12.0 Å². The lowest BCUT2D eigenvalue weighted by atomic mass is 10.1. The average molecular weight is 370 g/mol. The highest BCUT2D eigenvalue weighted by atomic mass is 19.4. The Balaban J connectivity index is 1.55. The Kier molecular flexibility index (Phi) is 4.54. The zero-order valence-electron chi connectivity index (χ0n) is 14.4. The first kappa shape index (κ1) is 17.5. The second-order valence-electron chi connectivity index (χ2n) is 6.38. The number of rotatable bonds is 1. The van der Waals surface area contributed by atoms with Gasteiger partial charge in [-0.2, -0.15) is 13.2 Å². The third-order valence-electron chi connectivity index (χ3n) is 4.54. The van der Waals surface area contributed by atoms with Crippen molar-refractivity contribution in [3.05, 3.63) is 65.4 Å². The summed E-state index contributed by atoms with van der Waals surface area (Å²) in [7, 11) is 0. The molecule has 0 aliphatic carbocycles. The van der Waals surface area contributed by atoms with E-state index in [0.29, 0.717) is 5.56 Å². The maximum Gasteiger partial charge on any atom is 0.416 e. The number of ether oxygens (including phenoxy) is 1. The first-order valence-electron chi connectivity index (χ1n) is 8.64. The largest absolute Gasteiger partial charge is 0.416 e. The predicted octanol–water partition coefficient (Wildman–Crippen LogP) is 4.42. The van der Waals surface area contributed by atoms with E-state index >= 15 is 0 Å². The van der Waals surface area contributed by atoms with Crippen LogP contribution in [0.3, 0.4) is 0 Å². The molecule has 2 aromatic carbocycles. The maximum absolute atomic E-state index is 12.6. The molecule has 1 aliphatic heterocycles. The molecule has 0 radical (unpaired) electrons. The van der Waals surface area contributed by atoms with Crippen molar-refractivity contribution >= 4 is 16.6 Å². The molecule has 1 aliphatic rings. The van der Waals surface area contributed by atoms with Crippen LogP contribution in [-0.4, -0.2) is 31.3 Å². The number of benzene rings is 2. The first-order chi connectivity index (χ1) is 13.0. The minimum absolute atomic E-state index is 0.538. The van der Waals surface area contributed by atoms with Crippen LogP contribution in [0.25, 0.3) is 10.9 Å². The van der Waals surface area contributed by atoms with E-state index in [1.54, 1.807) is 0 Å². The summed E-state index contributed by atoms with van der Waals surface area (Å²) >= 11 is 0. The molecule has 1 N–H and O–H groups in total. The fourth-order valence-corrected chi connectivity index (χ4v) is 3.08. The number of nitrogens with zero attached hydrogens (tertiary/aromatic N) is 1. The summed E-state index contributed by atoms with van der Waals surface area (Å²) in [6.45, 7) is 3.19. The van der Waals surface area contributed by atoms with Gasteiger partial charge in [-0.25, -0.2) is 0 Å². The van der Waals surface area contributed by atoms with E-state index in [4.69, 9.17) is 4.74 Å². The van der Waals surface area contributed by atoms with Gasteiger partial charge >= 0.3 is 6.18 Å². The van der Waals surface area contributed by atoms with Gasteiger partial charge < -0.3 is 14.6 Å². The van der Waals surface area contributed by atoms with Crippen molar-refractivity contribution in [2.75, 3.05) is 31.2 Å². The molecule has 3 nitrogen and oxygen atoms in total. The molecule has 2 heterocycles. The second kappa shape index (κ2) is 7.01. The van der Waals surface area contributed by atoms with E-state index < -0.39 is 11.7 Å². The lowest BCUT2D eigenvalue weighted by Crippen LogP contribution is -2.36. The van der Waals surface area contributed by atoms with E-state index in [1.165, 1.54) is 12.1 Å². The fraction of sp³-hybridized carbons (Fsp3) is 0.238. The predicted molar refractivity (Wildman–Crippen MR) is 98.8 cm³/mol. The lowest BCUT2D eigenvalue weighted by Gasteiger charge is -2.28. The van der Waals surface area contributed by atoms with Crippen molar-refractivity contribution in [1.82, 2.24) is 4.98 Å². The number of fused-ring (bicyclic) bond motifs is 1. The quantitative estimate of drug-likeness (QED) is 0.642. The smallest absolute Gasteiger partial charge is 0.378 e. The summed E-state index contributed by atoms with van der Waals surface area (Å²) in [6.07, 6.45) is -4.33. The topological polar surface area (TPSA) is 28.3 Å². The molecule has 1 saturated heterocycles. The van der Waals surface area contributed by atoms with E-state index in [0.717, 1.165) is 60.7 Å². The highest BCUT2D eigenvalue weighted by Crippen LogP contribution is 2.29. The minimum Gasteiger partial charge on any atom is -0.378 e. The zero-order valence-corrected chi connectivity index (χ0v) is 14.4. The molecule has 0 bridgehead atoms. The van der Waals surface area contributed by atoms with Gasteiger partial charge in [0.1, 0.15) is 0 Å². The highest BCUT2D eigenvalue weighted by Gasteiger charge is 2.29. The molecule has 4 rings (SSSR count). The molecule has 27 heavy (non-hydrogen) atoms. The number of anilines is 1. The van der Waals surface area contributed by atoms with Gasteiger partial charge in [-0.05, 0) is 48.4 Å². The van der Waals surface area contributed by atoms with E-state index in [1.807, 2.05) is 12.1 Å². The molecular weight excluding hydrogens is 353 g/mol. The molecule has 0 amide bonds. The molecule has 1 fully saturated rings. The number of aromatic amines is 1. The first-order valence-corrected chi connectivity index (χ1v) is 8.64. The normalized spacial score (nSPS) is 14.9. The number of halogens is 3. The summed E-state index contributed by atoms with van der Waals surface area (Å²) in [6, 6.07) is 13.0. The fourth-order valence-electron chi connectivity index (χ4n) is 3.08. The number of alkyl halides is 3. The van der Waals surface area contributed by atoms with E-state index in [2.05, 4.69) is 33.9 Å². The summed E-state index contributed by atoms with van der Waals surface area (Å²) in [5.41, 5.74) is 2.71. The van der Waals surface area contributed by atoms with Gasteiger partial charge in [-0.15, -0.1) is 0 Å². The molecule has 0 saturated carbocycles. The molecule has 0 unspecified atom stereocenters. The number of nitrogens with one attached hydrogen (secondary N) is 1. The van der Waals surface area contributed by atoms with Gasteiger partial charge in [0.15, 0.2) is 0 Å². The van der Waals surface area contributed by atoms with Crippen LogP contribution in [0.4, 0.5) is 18.9 Å². The lowest BCUT2D eigenvalue weighted by molar-refractivity contribution is -0.137. The number of hydrogen-bond donors (Lipinski definition) is 1. The second-order valence-corrected chi connectivity index (χ2v) is 6.38. The van der Waals surface area contributed by atoms with E-state index in [9.17, 15) is 13.2 Å². The Morgan fingerprint density at radius 2 is 1.67 bits per heavy atom. The molecule has 0 spiro atoms. The number of aromatic nitrogens is 1. The van der Waals surface area contributed by atoms with Crippen molar-refractivity contribution in [3.63, 3.8) is 0 Å². The van der Waals surface area contributed by atoms with Crippen LogP contribution in [0.1, 0.15) is 16.8 Å². The monoisotopic (exact) mass is 370 g/mol. The van der Waals surface area contributed by atoms with Crippen molar-refractivity contribution < 1.29 is 17.9 Å². The van der Waals surface area contributed by atoms with Crippen molar-refractivity contribution in [2.24, 2.45) is 0 Å². The van der Waals surface area contributed by atoms with Crippen LogP contribution < -0.4 is 4.90 Å². The standard InChI is InChI=1S/C21H17F3N2O/c22-21(23,24)17-5-1-15(2-6-17)3-7-18-13-16-4-8-19(14-20(16)25-18)26-9-11-27-12-10-26/h1-2,4-6,8,13-14,25H,9-12H2. The van der Waals surface area contributed by atoms with Gasteiger partial charge in [0.2, 0.25) is 0 Å². The molecule has 138 valence electrons. The van der Waals surface area contributed by atoms with Gasteiger partial charge in [-0.3, -0.25) is 0 Å². The summed E-state index contributed by atoms with van der Waals surface area (Å²) in [5, 5.41) is 1.05. The third kappa shape index (κ3) is 3.93. The van der Waals surface area contributed by atoms with Gasteiger partial charge in [0, 0.05) is 35.2 Å². The molecule has 6 heteroatoms. The van der Waals surface area contributed by atoms with Crippen molar-refractivity contribution in [2.45, 2.75) is 6.18 Å². The third-order valence-corrected chi connectivity index (χ3v) is 4.54.